The lowest BCUT2D eigenvalue weighted by atomic mass is 10.3. The maximum atomic E-state index is 11.1. The summed E-state index contributed by atoms with van der Waals surface area (Å²) in [6.07, 6.45) is 0. The molecule has 1 aromatic heterocycles. The van der Waals surface area contributed by atoms with Crippen LogP contribution in [0.15, 0.2) is 21.4 Å². The van der Waals surface area contributed by atoms with E-state index in [-0.39, 0.29) is 21.9 Å². The van der Waals surface area contributed by atoms with Crippen LogP contribution in [0.3, 0.4) is 0 Å². The molecule has 7 nitrogen and oxygen atoms in total. The van der Waals surface area contributed by atoms with Crippen molar-refractivity contribution in [3.63, 3.8) is 0 Å². The van der Waals surface area contributed by atoms with Gasteiger partial charge in [-0.1, -0.05) is 0 Å². The highest BCUT2D eigenvalue weighted by Gasteiger charge is 2.23. The van der Waals surface area contributed by atoms with E-state index < -0.39 is 19.7 Å². The van der Waals surface area contributed by atoms with Crippen molar-refractivity contribution in [2.24, 2.45) is 0 Å². The number of oxazole rings is 1. The Bertz CT molecular complexity index is 721. The first-order chi connectivity index (χ1) is 7.79. The van der Waals surface area contributed by atoms with E-state index in [0.29, 0.717) is 0 Å². The van der Waals surface area contributed by atoms with Crippen LogP contribution < -0.4 is 0 Å². The zero-order valence-electron chi connectivity index (χ0n) is 8.38. The molecule has 0 saturated heterocycles. The third-order valence-corrected chi connectivity index (χ3v) is 3.36. The quantitative estimate of drug-likeness (QED) is 0.472. The van der Waals surface area contributed by atoms with Crippen molar-refractivity contribution < 1.29 is 17.8 Å². The normalized spacial score (nSPS) is 11.9. The van der Waals surface area contributed by atoms with Gasteiger partial charge in [0, 0.05) is 23.7 Å². The third kappa shape index (κ3) is 2.08. The number of fused-ring (bicyclic) bond motifs is 1. The average Bonchev–Trinajstić information content (AvgIpc) is 2.54. The number of non-ortho nitro benzene ring substituents is 1. The van der Waals surface area contributed by atoms with Gasteiger partial charge in [-0.05, 0) is 6.07 Å². The van der Waals surface area contributed by atoms with Gasteiger partial charge in [-0.25, -0.2) is 13.4 Å². The van der Waals surface area contributed by atoms with E-state index in [2.05, 4.69) is 4.98 Å². The molecule has 17 heavy (non-hydrogen) atoms. The van der Waals surface area contributed by atoms with Crippen molar-refractivity contribution >= 4 is 36.5 Å². The molecule has 0 aliphatic rings. The Morgan fingerprint density at radius 3 is 2.65 bits per heavy atom. The lowest BCUT2D eigenvalue weighted by Crippen LogP contribution is -1.95. The second-order valence-electron chi connectivity index (χ2n) is 3.22. The van der Waals surface area contributed by atoms with Crippen LogP contribution in [0.25, 0.3) is 11.1 Å². The molecule has 1 heterocycles. The molecule has 0 atom stereocenters. The Morgan fingerprint density at radius 2 is 2.12 bits per heavy atom. The molecule has 0 amide bonds. The SMILES string of the molecule is Cc1nc2cc(S(=O)(=O)Cl)cc([N+](=O)[O-])c2o1. The first-order valence-corrected chi connectivity index (χ1v) is 6.60. The number of nitro benzene ring substituents is 1. The van der Waals surface area contributed by atoms with Crippen molar-refractivity contribution in [3.05, 3.63) is 28.1 Å². The fraction of sp³-hybridized carbons (Fsp3) is 0.125. The zero-order chi connectivity index (χ0) is 12.8. The lowest BCUT2D eigenvalue weighted by Gasteiger charge is -1.96. The number of nitro groups is 1. The minimum absolute atomic E-state index is 0.0726. The van der Waals surface area contributed by atoms with Gasteiger partial charge in [0.2, 0.25) is 5.58 Å². The number of aromatic nitrogens is 1. The highest BCUT2D eigenvalue weighted by molar-refractivity contribution is 8.13. The summed E-state index contributed by atoms with van der Waals surface area (Å²) in [7, 11) is 1.08. The van der Waals surface area contributed by atoms with E-state index >= 15 is 0 Å². The summed E-state index contributed by atoms with van der Waals surface area (Å²) in [4.78, 5) is 13.5. The van der Waals surface area contributed by atoms with Crippen molar-refractivity contribution in [3.8, 4) is 0 Å². The van der Waals surface area contributed by atoms with Gasteiger partial charge in [-0.15, -0.1) is 0 Å². The molecule has 1 aromatic carbocycles. The minimum atomic E-state index is -4.05. The predicted octanol–water partition coefficient (Wildman–Crippen LogP) is 1.97. The van der Waals surface area contributed by atoms with Gasteiger partial charge in [0.25, 0.3) is 9.05 Å². The van der Waals surface area contributed by atoms with E-state index in [1.54, 1.807) is 0 Å². The number of halogens is 1. The van der Waals surface area contributed by atoms with Gasteiger partial charge in [0.1, 0.15) is 5.52 Å². The summed E-state index contributed by atoms with van der Waals surface area (Å²) in [5, 5.41) is 10.8. The summed E-state index contributed by atoms with van der Waals surface area (Å²) >= 11 is 0. The summed E-state index contributed by atoms with van der Waals surface area (Å²) in [5.74, 6) is 0.201. The number of rotatable bonds is 2. The zero-order valence-corrected chi connectivity index (χ0v) is 9.95. The fourth-order valence-electron chi connectivity index (χ4n) is 1.38. The Balaban J connectivity index is 2.89. The van der Waals surface area contributed by atoms with Crippen LogP contribution in [0.5, 0.6) is 0 Å². The summed E-state index contributed by atoms with van der Waals surface area (Å²) in [5.41, 5.74) is -0.477. The van der Waals surface area contributed by atoms with E-state index in [0.717, 1.165) is 12.1 Å². The van der Waals surface area contributed by atoms with Crippen LogP contribution in [0.1, 0.15) is 5.89 Å². The number of hydrogen-bond donors (Lipinski definition) is 0. The molecule has 90 valence electrons. The van der Waals surface area contributed by atoms with Gasteiger partial charge < -0.3 is 4.42 Å². The topological polar surface area (TPSA) is 103 Å². The van der Waals surface area contributed by atoms with Crippen LogP contribution in [0, 0.1) is 17.0 Å². The molecule has 0 N–H and O–H groups in total. The Kier molecular flexibility index (Phi) is 2.55. The third-order valence-electron chi connectivity index (χ3n) is 2.03. The summed E-state index contributed by atoms with van der Waals surface area (Å²) in [6.45, 7) is 1.50. The van der Waals surface area contributed by atoms with Gasteiger partial charge >= 0.3 is 5.69 Å². The molecule has 0 unspecified atom stereocenters. The van der Waals surface area contributed by atoms with Crippen LogP contribution in [-0.4, -0.2) is 18.3 Å². The van der Waals surface area contributed by atoms with Crippen LogP contribution in [0.2, 0.25) is 0 Å². The van der Waals surface area contributed by atoms with Crippen LogP contribution in [-0.2, 0) is 9.05 Å². The molecule has 0 fully saturated rings. The number of nitrogens with zero attached hydrogens (tertiary/aromatic N) is 2. The minimum Gasteiger partial charge on any atom is -0.434 e. The second-order valence-corrected chi connectivity index (χ2v) is 5.78. The molecule has 0 saturated carbocycles. The molecule has 0 radical (unpaired) electrons. The van der Waals surface area contributed by atoms with E-state index in [9.17, 15) is 18.5 Å². The van der Waals surface area contributed by atoms with Gasteiger partial charge in [-0.2, -0.15) is 0 Å². The molecule has 9 heteroatoms. The molecule has 0 spiro atoms. The predicted molar refractivity (Wildman–Crippen MR) is 58.4 cm³/mol. The molecular weight excluding hydrogens is 272 g/mol. The summed E-state index contributed by atoms with van der Waals surface area (Å²) in [6, 6.07) is 1.97. The number of benzene rings is 1. The monoisotopic (exact) mass is 276 g/mol. The standard InChI is InChI=1S/C8H5ClN2O5S/c1-4-10-6-2-5(17(9,14)15)3-7(11(12)13)8(6)16-4/h2-3H,1H3. The van der Waals surface area contributed by atoms with Crippen molar-refractivity contribution in [2.45, 2.75) is 11.8 Å². The lowest BCUT2D eigenvalue weighted by molar-refractivity contribution is -0.383. The van der Waals surface area contributed by atoms with Gasteiger partial charge in [0.05, 0.1) is 9.82 Å². The molecule has 0 aliphatic heterocycles. The summed E-state index contributed by atoms with van der Waals surface area (Å²) < 4.78 is 27.3. The van der Waals surface area contributed by atoms with E-state index in [1.807, 2.05) is 0 Å². The maximum absolute atomic E-state index is 11.1. The van der Waals surface area contributed by atoms with E-state index in [4.69, 9.17) is 15.1 Å². The highest BCUT2D eigenvalue weighted by atomic mass is 35.7. The Hall–Kier alpha value is -1.67. The van der Waals surface area contributed by atoms with Crippen molar-refractivity contribution in [2.75, 3.05) is 0 Å². The van der Waals surface area contributed by atoms with Gasteiger partial charge in [0.15, 0.2) is 5.89 Å². The smallest absolute Gasteiger partial charge is 0.315 e. The molecule has 2 rings (SSSR count). The number of hydrogen-bond acceptors (Lipinski definition) is 6. The first-order valence-electron chi connectivity index (χ1n) is 4.29. The Labute approximate surface area is 99.6 Å². The van der Waals surface area contributed by atoms with Gasteiger partial charge in [-0.3, -0.25) is 10.1 Å². The molecule has 0 aliphatic carbocycles. The molecular formula is C8H5ClN2O5S. The van der Waals surface area contributed by atoms with Crippen LogP contribution >= 0.6 is 10.7 Å². The average molecular weight is 277 g/mol. The second kappa shape index (κ2) is 3.67. The fourth-order valence-corrected chi connectivity index (χ4v) is 2.15. The van der Waals surface area contributed by atoms with Crippen molar-refractivity contribution in [1.82, 2.24) is 4.98 Å². The molecule has 2 aromatic rings. The largest absolute Gasteiger partial charge is 0.434 e. The highest BCUT2D eigenvalue weighted by Crippen LogP contribution is 2.31. The first kappa shape index (κ1) is 11.8. The van der Waals surface area contributed by atoms with Crippen LogP contribution in [0.4, 0.5) is 5.69 Å². The maximum Gasteiger partial charge on any atom is 0.315 e. The number of aryl methyl sites for hydroxylation is 1. The molecule has 0 bridgehead atoms. The van der Waals surface area contributed by atoms with Crippen molar-refractivity contribution in [1.29, 1.82) is 0 Å². The van der Waals surface area contributed by atoms with E-state index in [1.165, 1.54) is 6.92 Å². The Morgan fingerprint density at radius 1 is 1.47 bits per heavy atom.